The molecule has 0 aromatic carbocycles. The summed E-state index contributed by atoms with van der Waals surface area (Å²) in [6.45, 7) is 6.00. The molecule has 0 aromatic rings. The van der Waals surface area contributed by atoms with Crippen LogP contribution in [0.2, 0.25) is 0 Å². The van der Waals surface area contributed by atoms with E-state index in [-0.39, 0.29) is 5.97 Å². The van der Waals surface area contributed by atoms with Gasteiger partial charge in [0.2, 0.25) is 0 Å². The Hall–Kier alpha value is -0.0900. The molecule has 22 heavy (non-hydrogen) atoms. The fourth-order valence-electron chi connectivity index (χ4n) is 2.38. The summed E-state index contributed by atoms with van der Waals surface area (Å²) in [5, 5.41) is 0. The fourth-order valence-corrected chi connectivity index (χ4v) is 4.13. The molecule has 0 bridgehead atoms. The zero-order chi connectivity index (χ0) is 16.8. The number of hydrogen-bond donors (Lipinski definition) is 0. The molecule has 0 rings (SSSR count). The SMILES string of the molecule is CCCCCCCCCCCCC(=S)SC(C)(C)C(=O)OC. The number of thiocarbonyl (C=S) groups is 1. The number of unbranched alkanes of at least 4 members (excludes halogenated alkanes) is 9. The van der Waals surface area contributed by atoms with Gasteiger partial charge in [0.15, 0.2) is 0 Å². The van der Waals surface area contributed by atoms with Crippen molar-refractivity contribution in [2.75, 3.05) is 7.11 Å². The highest BCUT2D eigenvalue weighted by molar-refractivity contribution is 8.24. The molecule has 0 fully saturated rings. The highest BCUT2D eigenvalue weighted by atomic mass is 32.2. The smallest absolute Gasteiger partial charge is 0.321 e. The topological polar surface area (TPSA) is 26.3 Å². The number of hydrogen-bond acceptors (Lipinski definition) is 4. The Labute approximate surface area is 147 Å². The fraction of sp³-hybridized carbons (Fsp3) is 0.889. The summed E-state index contributed by atoms with van der Waals surface area (Å²) in [5.74, 6) is -0.206. The Bertz CT molecular complexity index is 314. The van der Waals surface area contributed by atoms with E-state index >= 15 is 0 Å². The molecule has 0 aliphatic heterocycles. The van der Waals surface area contributed by atoms with Crippen LogP contribution in [0.5, 0.6) is 0 Å². The summed E-state index contributed by atoms with van der Waals surface area (Å²) >= 11 is 6.86. The highest BCUT2D eigenvalue weighted by Crippen LogP contribution is 2.29. The van der Waals surface area contributed by atoms with E-state index in [1.165, 1.54) is 76.7 Å². The molecule has 0 N–H and O–H groups in total. The van der Waals surface area contributed by atoms with Gasteiger partial charge < -0.3 is 4.74 Å². The Morgan fingerprint density at radius 3 is 1.86 bits per heavy atom. The predicted molar refractivity (Wildman–Crippen MR) is 103 cm³/mol. The molecule has 130 valence electrons. The van der Waals surface area contributed by atoms with Crippen LogP contribution in [0.3, 0.4) is 0 Å². The molecule has 0 heterocycles. The maximum atomic E-state index is 11.6. The molecule has 0 saturated heterocycles. The van der Waals surface area contributed by atoms with Gasteiger partial charge in [0.05, 0.1) is 7.11 Å². The third-order valence-corrected chi connectivity index (χ3v) is 5.34. The van der Waals surface area contributed by atoms with Crippen molar-refractivity contribution >= 4 is 34.1 Å². The van der Waals surface area contributed by atoms with Gasteiger partial charge in [-0.25, -0.2) is 0 Å². The van der Waals surface area contributed by atoms with E-state index in [0.717, 1.165) is 17.0 Å². The second kappa shape index (κ2) is 13.4. The molecule has 0 atom stereocenters. The standard InChI is InChI=1S/C18H34O2S2/c1-5-6-7-8-9-10-11-12-13-14-15-16(21)22-18(2,3)17(19)20-4/h5-15H2,1-4H3. The van der Waals surface area contributed by atoms with Gasteiger partial charge in [0.25, 0.3) is 0 Å². The minimum absolute atomic E-state index is 0.206. The molecule has 0 unspecified atom stereocenters. The maximum Gasteiger partial charge on any atom is 0.321 e. The third kappa shape index (κ3) is 11.5. The van der Waals surface area contributed by atoms with Gasteiger partial charge in [0, 0.05) is 4.20 Å². The molecular weight excluding hydrogens is 312 g/mol. The van der Waals surface area contributed by atoms with Crippen LogP contribution >= 0.6 is 24.0 Å². The first-order valence-corrected chi connectivity index (χ1v) is 9.96. The molecule has 4 heteroatoms. The molecule has 0 aliphatic carbocycles. The number of esters is 1. The first-order valence-electron chi connectivity index (χ1n) is 8.74. The van der Waals surface area contributed by atoms with E-state index in [0.29, 0.717) is 0 Å². The first-order chi connectivity index (χ1) is 10.4. The lowest BCUT2D eigenvalue weighted by Gasteiger charge is -2.20. The number of methoxy groups -OCH3 is 1. The van der Waals surface area contributed by atoms with Gasteiger partial charge in [-0.3, -0.25) is 4.79 Å². The molecule has 0 radical (unpaired) electrons. The molecule has 2 nitrogen and oxygen atoms in total. The Morgan fingerprint density at radius 2 is 1.41 bits per heavy atom. The number of carbonyl (C=O) groups is 1. The number of ether oxygens (including phenoxy) is 1. The van der Waals surface area contributed by atoms with E-state index in [4.69, 9.17) is 17.0 Å². The second-order valence-electron chi connectivity index (χ2n) is 6.41. The van der Waals surface area contributed by atoms with E-state index < -0.39 is 4.75 Å². The molecule has 0 aliphatic rings. The van der Waals surface area contributed by atoms with Gasteiger partial charge in [-0.1, -0.05) is 76.9 Å². The lowest BCUT2D eigenvalue weighted by atomic mass is 10.1. The Balaban J connectivity index is 3.52. The molecule has 0 amide bonds. The van der Waals surface area contributed by atoms with Crippen molar-refractivity contribution in [3.8, 4) is 0 Å². The third-order valence-electron chi connectivity index (χ3n) is 3.78. The first kappa shape index (κ1) is 21.9. The molecular formula is C18H34O2S2. The van der Waals surface area contributed by atoms with Crippen LogP contribution in [0, 0.1) is 0 Å². The van der Waals surface area contributed by atoms with E-state index in [2.05, 4.69) is 6.92 Å². The molecule has 0 spiro atoms. The van der Waals surface area contributed by atoms with E-state index in [1.54, 1.807) is 0 Å². The van der Waals surface area contributed by atoms with Gasteiger partial charge in [0.1, 0.15) is 4.75 Å². The summed E-state index contributed by atoms with van der Waals surface area (Å²) in [5.41, 5.74) is 0. The van der Waals surface area contributed by atoms with Crippen molar-refractivity contribution in [3.63, 3.8) is 0 Å². The van der Waals surface area contributed by atoms with Crippen LogP contribution in [-0.2, 0) is 9.53 Å². The van der Waals surface area contributed by atoms with Crippen LogP contribution in [0.15, 0.2) is 0 Å². The average molecular weight is 347 g/mol. The van der Waals surface area contributed by atoms with Crippen molar-refractivity contribution < 1.29 is 9.53 Å². The molecule has 0 aromatic heterocycles. The van der Waals surface area contributed by atoms with Crippen LogP contribution in [0.25, 0.3) is 0 Å². The van der Waals surface area contributed by atoms with Gasteiger partial charge >= 0.3 is 5.97 Å². The van der Waals surface area contributed by atoms with Crippen molar-refractivity contribution in [2.45, 2.75) is 96.1 Å². The largest absolute Gasteiger partial charge is 0.468 e. The summed E-state index contributed by atoms with van der Waals surface area (Å²) in [7, 11) is 1.43. The lowest BCUT2D eigenvalue weighted by molar-refractivity contribution is -0.142. The monoisotopic (exact) mass is 346 g/mol. The lowest BCUT2D eigenvalue weighted by Crippen LogP contribution is -2.30. The Kier molecular flexibility index (Phi) is 13.3. The summed E-state index contributed by atoms with van der Waals surface area (Å²) in [4.78, 5) is 11.6. The summed E-state index contributed by atoms with van der Waals surface area (Å²) < 4.78 is 5.16. The highest BCUT2D eigenvalue weighted by Gasteiger charge is 2.30. The number of rotatable bonds is 13. The van der Waals surface area contributed by atoms with Crippen LogP contribution < -0.4 is 0 Å². The predicted octanol–water partition coefficient (Wildman–Crippen LogP) is 6.31. The van der Waals surface area contributed by atoms with Crippen LogP contribution in [-0.4, -0.2) is 22.0 Å². The maximum absolute atomic E-state index is 11.6. The van der Waals surface area contributed by atoms with E-state index in [9.17, 15) is 4.79 Å². The minimum atomic E-state index is -0.565. The van der Waals surface area contributed by atoms with E-state index in [1.807, 2.05) is 13.8 Å². The van der Waals surface area contributed by atoms with Crippen molar-refractivity contribution in [3.05, 3.63) is 0 Å². The summed E-state index contributed by atoms with van der Waals surface area (Å²) in [6, 6.07) is 0. The van der Waals surface area contributed by atoms with Crippen molar-refractivity contribution in [1.29, 1.82) is 0 Å². The van der Waals surface area contributed by atoms with Crippen LogP contribution in [0.1, 0.15) is 91.4 Å². The van der Waals surface area contributed by atoms with Gasteiger partial charge in [-0.05, 0) is 26.7 Å². The average Bonchev–Trinajstić information content (AvgIpc) is 2.47. The molecule has 0 saturated carbocycles. The quantitative estimate of drug-likeness (QED) is 0.222. The number of carbonyl (C=O) groups excluding carboxylic acids is 1. The van der Waals surface area contributed by atoms with Gasteiger partial charge in [-0.2, -0.15) is 0 Å². The van der Waals surface area contributed by atoms with Crippen molar-refractivity contribution in [1.82, 2.24) is 0 Å². The normalized spacial score (nSPS) is 11.5. The zero-order valence-corrected chi connectivity index (χ0v) is 16.5. The Morgan fingerprint density at radius 1 is 0.955 bits per heavy atom. The van der Waals surface area contributed by atoms with Gasteiger partial charge in [-0.15, -0.1) is 11.8 Å². The van der Waals surface area contributed by atoms with Crippen LogP contribution in [0.4, 0.5) is 0 Å². The second-order valence-corrected chi connectivity index (χ2v) is 8.88. The zero-order valence-electron chi connectivity index (χ0n) is 14.9. The number of thioether (sulfide) groups is 1. The minimum Gasteiger partial charge on any atom is -0.468 e. The summed E-state index contributed by atoms with van der Waals surface area (Å²) in [6.07, 6.45) is 14.2. The van der Waals surface area contributed by atoms with Crippen molar-refractivity contribution in [2.24, 2.45) is 0 Å².